The summed E-state index contributed by atoms with van der Waals surface area (Å²) in [6.45, 7) is 2.72. The highest BCUT2D eigenvalue weighted by atomic mass is 35.5. The van der Waals surface area contributed by atoms with Crippen LogP contribution in [0, 0.1) is 0 Å². The molecule has 0 aliphatic carbocycles. The fraction of sp³-hybridized carbons (Fsp3) is 0.333. The lowest BCUT2D eigenvalue weighted by molar-refractivity contribution is -0.136. The summed E-state index contributed by atoms with van der Waals surface area (Å²) >= 11 is 5.65. The first-order chi connectivity index (χ1) is 13.6. The highest BCUT2D eigenvalue weighted by Gasteiger charge is 2.35. The van der Waals surface area contributed by atoms with E-state index in [1.165, 1.54) is 31.4 Å². The monoisotopic (exact) mass is 485 g/mol. The van der Waals surface area contributed by atoms with Crippen molar-refractivity contribution in [2.75, 3.05) is 42.9 Å². The van der Waals surface area contributed by atoms with Gasteiger partial charge in [-0.3, -0.25) is 4.72 Å². The standard InChI is InChI=1S/C18H19ClF3N3O3S.ClH/c1-28-17-5-3-13(11-16(17)25-8-6-23-7-9-25)29(26,27)24-15-4-2-12(19)10-14(15)18(20,21)22;/h2-5,10-11,23-24H,6-9H2,1H3;1H. The summed E-state index contributed by atoms with van der Waals surface area (Å²) < 4.78 is 72.8. The Bertz CT molecular complexity index is 998. The first-order valence-corrected chi connectivity index (χ1v) is 10.5. The predicted molar refractivity (Wildman–Crippen MR) is 113 cm³/mol. The number of anilines is 2. The molecule has 0 spiro atoms. The number of hydrogen-bond donors (Lipinski definition) is 2. The van der Waals surface area contributed by atoms with Gasteiger partial charge >= 0.3 is 6.18 Å². The molecule has 0 unspecified atom stereocenters. The molecule has 1 heterocycles. The summed E-state index contributed by atoms with van der Waals surface area (Å²) in [5.74, 6) is 0.480. The zero-order valence-corrected chi connectivity index (χ0v) is 18.2. The molecule has 0 bridgehead atoms. The van der Waals surface area contributed by atoms with Crippen molar-refractivity contribution in [1.29, 1.82) is 0 Å². The molecule has 1 fully saturated rings. The van der Waals surface area contributed by atoms with E-state index in [9.17, 15) is 21.6 Å². The van der Waals surface area contributed by atoms with E-state index in [0.717, 1.165) is 19.2 Å². The molecule has 0 atom stereocenters. The Hall–Kier alpha value is -1.88. The van der Waals surface area contributed by atoms with Gasteiger partial charge in [-0.25, -0.2) is 8.42 Å². The molecule has 12 heteroatoms. The molecular formula is C18H20Cl2F3N3O3S. The number of methoxy groups -OCH3 is 1. The van der Waals surface area contributed by atoms with E-state index in [2.05, 4.69) is 5.32 Å². The zero-order chi connectivity index (χ0) is 21.2. The van der Waals surface area contributed by atoms with Crippen molar-refractivity contribution >= 4 is 45.4 Å². The van der Waals surface area contributed by atoms with E-state index in [-0.39, 0.29) is 22.3 Å². The maximum absolute atomic E-state index is 13.3. The molecule has 2 aromatic rings. The quantitative estimate of drug-likeness (QED) is 0.669. The van der Waals surface area contributed by atoms with Gasteiger partial charge in [0.25, 0.3) is 10.0 Å². The third-order valence-electron chi connectivity index (χ3n) is 4.45. The van der Waals surface area contributed by atoms with Crippen molar-refractivity contribution in [3.05, 3.63) is 47.0 Å². The average Bonchev–Trinajstić information content (AvgIpc) is 2.68. The normalized spacial score (nSPS) is 14.8. The molecule has 1 aliphatic rings. The first-order valence-electron chi connectivity index (χ1n) is 8.65. The topological polar surface area (TPSA) is 70.7 Å². The second-order valence-corrected chi connectivity index (χ2v) is 8.48. The molecule has 0 saturated carbocycles. The fourth-order valence-corrected chi connectivity index (χ4v) is 4.30. The van der Waals surface area contributed by atoms with Crippen molar-refractivity contribution < 1.29 is 26.3 Å². The summed E-state index contributed by atoms with van der Waals surface area (Å²) in [5.41, 5.74) is -1.20. The van der Waals surface area contributed by atoms with Crippen LogP contribution in [-0.4, -0.2) is 41.7 Å². The maximum Gasteiger partial charge on any atom is 0.418 e. The van der Waals surface area contributed by atoms with Crippen LogP contribution in [0.5, 0.6) is 5.75 Å². The minimum Gasteiger partial charge on any atom is -0.495 e. The smallest absolute Gasteiger partial charge is 0.418 e. The van der Waals surface area contributed by atoms with E-state index >= 15 is 0 Å². The summed E-state index contributed by atoms with van der Waals surface area (Å²) in [7, 11) is -2.82. The molecular weight excluding hydrogens is 466 g/mol. The second-order valence-electron chi connectivity index (χ2n) is 6.36. The maximum atomic E-state index is 13.3. The first kappa shape index (κ1) is 24.4. The van der Waals surface area contributed by atoms with Gasteiger partial charge in [0, 0.05) is 31.2 Å². The summed E-state index contributed by atoms with van der Waals surface area (Å²) in [5, 5.41) is 3.05. The molecule has 2 N–H and O–H groups in total. The minimum absolute atomic E-state index is 0. The highest BCUT2D eigenvalue weighted by molar-refractivity contribution is 7.92. The van der Waals surface area contributed by atoms with Crippen molar-refractivity contribution in [3.63, 3.8) is 0 Å². The number of halogens is 5. The van der Waals surface area contributed by atoms with E-state index in [4.69, 9.17) is 16.3 Å². The number of hydrogen-bond acceptors (Lipinski definition) is 5. The lowest BCUT2D eigenvalue weighted by Crippen LogP contribution is -2.43. The van der Waals surface area contributed by atoms with E-state index < -0.39 is 27.5 Å². The molecule has 1 aliphatic heterocycles. The number of ether oxygens (including phenoxy) is 1. The Morgan fingerprint density at radius 3 is 2.40 bits per heavy atom. The van der Waals surface area contributed by atoms with Crippen molar-refractivity contribution in [2.24, 2.45) is 0 Å². The van der Waals surface area contributed by atoms with Crippen molar-refractivity contribution in [1.82, 2.24) is 5.32 Å². The second kappa shape index (κ2) is 9.51. The van der Waals surface area contributed by atoms with Crippen LogP contribution in [0.1, 0.15) is 5.56 Å². The Balaban J connectivity index is 0.00000320. The van der Waals surface area contributed by atoms with Gasteiger partial charge < -0.3 is 15.0 Å². The number of alkyl halides is 3. The Kier molecular flexibility index (Phi) is 7.73. The molecule has 0 amide bonds. The van der Waals surface area contributed by atoms with Gasteiger partial charge in [0.1, 0.15) is 5.75 Å². The van der Waals surface area contributed by atoms with Crippen molar-refractivity contribution in [3.8, 4) is 5.75 Å². The van der Waals surface area contributed by atoms with Crippen LogP contribution in [0.15, 0.2) is 41.3 Å². The summed E-state index contributed by atoms with van der Waals surface area (Å²) in [6.07, 6.45) is -4.77. The molecule has 166 valence electrons. The molecule has 30 heavy (non-hydrogen) atoms. The predicted octanol–water partition coefficient (Wildman–Crippen LogP) is 4.00. The van der Waals surface area contributed by atoms with E-state index in [1.54, 1.807) is 0 Å². The van der Waals surface area contributed by atoms with Gasteiger partial charge in [0.05, 0.1) is 28.9 Å². The minimum atomic E-state index is -4.77. The number of benzene rings is 2. The number of nitrogens with zero attached hydrogens (tertiary/aromatic N) is 1. The lowest BCUT2D eigenvalue weighted by Gasteiger charge is -2.30. The van der Waals surface area contributed by atoms with Crippen LogP contribution >= 0.6 is 24.0 Å². The van der Waals surface area contributed by atoms with E-state index in [1.807, 2.05) is 9.62 Å². The molecule has 3 rings (SSSR count). The third-order valence-corrected chi connectivity index (χ3v) is 6.05. The van der Waals surface area contributed by atoms with Gasteiger partial charge in [-0.2, -0.15) is 13.2 Å². The molecule has 6 nitrogen and oxygen atoms in total. The number of rotatable bonds is 5. The summed E-state index contributed by atoms with van der Waals surface area (Å²) in [6, 6.07) is 7.03. The van der Waals surface area contributed by atoms with Gasteiger partial charge in [0.15, 0.2) is 0 Å². The van der Waals surface area contributed by atoms with Gasteiger partial charge in [-0.1, -0.05) is 11.6 Å². The van der Waals surface area contributed by atoms with Crippen LogP contribution < -0.4 is 19.7 Å². The third kappa shape index (κ3) is 5.42. The highest BCUT2D eigenvalue weighted by Crippen LogP contribution is 2.38. The van der Waals surface area contributed by atoms with E-state index in [0.29, 0.717) is 30.6 Å². The Labute approximate surface area is 183 Å². The van der Waals surface area contributed by atoms with Crippen LogP contribution in [0.25, 0.3) is 0 Å². The Morgan fingerprint density at radius 2 is 1.80 bits per heavy atom. The number of nitrogens with one attached hydrogen (secondary N) is 2. The van der Waals surface area contributed by atoms with Crippen LogP contribution in [0.2, 0.25) is 5.02 Å². The fourth-order valence-electron chi connectivity index (χ4n) is 3.03. The van der Waals surface area contributed by atoms with Gasteiger partial charge in [-0.15, -0.1) is 12.4 Å². The molecule has 0 aromatic heterocycles. The number of sulfonamides is 1. The van der Waals surface area contributed by atoms with Gasteiger partial charge in [-0.05, 0) is 36.4 Å². The summed E-state index contributed by atoms with van der Waals surface area (Å²) in [4.78, 5) is 1.78. The molecule has 2 aromatic carbocycles. The van der Waals surface area contributed by atoms with Crippen LogP contribution in [-0.2, 0) is 16.2 Å². The van der Waals surface area contributed by atoms with Crippen molar-refractivity contribution in [2.45, 2.75) is 11.1 Å². The van der Waals surface area contributed by atoms with Crippen LogP contribution in [0.3, 0.4) is 0 Å². The average molecular weight is 486 g/mol. The molecule has 0 radical (unpaired) electrons. The lowest BCUT2D eigenvalue weighted by atomic mass is 10.2. The Morgan fingerprint density at radius 1 is 1.13 bits per heavy atom. The largest absolute Gasteiger partial charge is 0.495 e. The van der Waals surface area contributed by atoms with Gasteiger partial charge in [0.2, 0.25) is 0 Å². The number of piperazine rings is 1. The van der Waals surface area contributed by atoms with Crippen LogP contribution in [0.4, 0.5) is 24.5 Å². The molecule has 1 saturated heterocycles. The zero-order valence-electron chi connectivity index (χ0n) is 15.8. The SMILES string of the molecule is COc1ccc(S(=O)(=O)Nc2ccc(Cl)cc2C(F)(F)F)cc1N1CCNCC1.Cl.